The van der Waals surface area contributed by atoms with Gasteiger partial charge in [0.1, 0.15) is 12.1 Å². The van der Waals surface area contributed by atoms with Crippen LogP contribution >= 0.6 is 0 Å². The zero-order valence-corrected chi connectivity index (χ0v) is 14.1. The molecule has 0 spiro atoms. The van der Waals surface area contributed by atoms with Gasteiger partial charge < -0.3 is 5.32 Å². The minimum atomic E-state index is -0.293. The molecule has 5 heteroatoms. The summed E-state index contributed by atoms with van der Waals surface area (Å²) in [6.07, 6.45) is 1.44. The first-order valence-electron chi connectivity index (χ1n) is 7.95. The summed E-state index contributed by atoms with van der Waals surface area (Å²) in [5.41, 5.74) is 5.02. The van der Waals surface area contributed by atoms with Gasteiger partial charge in [0.05, 0.1) is 17.9 Å². The van der Waals surface area contributed by atoms with Crippen molar-refractivity contribution in [1.82, 2.24) is 15.3 Å². The van der Waals surface area contributed by atoms with E-state index in [1.807, 2.05) is 32.0 Å². The number of hydrogen-bond donors (Lipinski definition) is 1. The Balaban J connectivity index is 1.71. The van der Waals surface area contributed by atoms with Gasteiger partial charge in [0.2, 0.25) is 0 Å². The fourth-order valence-corrected chi connectivity index (χ4v) is 2.43. The molecule has 3 rings (SSSR count). The number of aromatic nitrogens is 2. The number of aryl methyl sites for hydroxylation is 2. The van der Waals surface area contributed by atoms with Crippen molar-refractivity contribution < 1.29 is 9.18 Å². The molecule has 0 aliphatic heterocycles. The molecule has 0 aliphatic rings. The molecule has 4 nitrogen and oxygen atoms in total. The number of rotatable bonds is 4. The predicted octanol–water partition coefficient (Wildman–Crippen LogP) is 3.83. The smallest absolute Gasteiger partial charge is 0.251 e. The van der Waals surface area contributed by atoms with Crippen LogP contribution < -0.4 is 5.32 Å². The van der Waals surface area contributed by atoms with E-state index in [0.717, 1.165) is 16.7 Å². The third-order valence-electron chi connectivity index (χ3n) is 4.06. The summed E-state index contributed by atoms with van der Waals surface area (Å²) < 4.78 is 13.0. The second kappa shape index (κ2) is 7.21. The number of carbonyl (C=O) groups is 1. The van der Waals surface area contributed by atoms with Gasteiger partial charge in [-0.2, -0.15) is 0 Å². The molecule has 0 radical (unpaired) electrons. The molecule has 0 saturated carbocycles. The van der Waals surface area contributed by atoms with Gasteiger partial charge >= 0.3 is 0 Å². The Morgan fingerprint density at radius 3 is 2.48 bits per heavy atom. The summed E-state index contributed by atoms with van der Waals surface area (Å²) in [7, 11) is 0. The highest BCUT2D eigenvalue weighted by atomic mass is 19.1. The number of nitrogens with zero attached hydrogens (tertiary/aromatic N) is 2. The van der Waals surface area contributed by atoms with Crippen molar-refractivity contribution in [3.63, 3.8) is 0 Å². The number of carbonyl (C=O) groups excluding carboxylic acids is 1. The van der Waals surface area contributed by atoms with Crippen molar-refractivity contribution in [2.45, 2.75) is 20.4 Å². The van der Waals surface area contributed by atoms with Gasteiger partial charge in [-0.05, 0) is 67.4 Å². The highest BCUT2D eigenvalue weighted by Gasteiger charge is 2.08. The van der Waals surface area contributed by atoms with E-state index in [0.29, 0.717) is 23.5 Å². The Labute approximate surface area is 145 Å². The van der Waals surface area contributed by atoms with Crippen molar-refractivity contribution in [2.24, 2.45) is 0 Å². The quantitative estimate of drug-likeness (QED) is 0.788. The zero-order valence-electron chi connectivity index (χ0n) is 14.1. The van der Waals surface area contributed by atoms with Crippen LogP contribution in [0.5, 0.6) is 0 Å². The fraction of sp³-hybridized carbons (Fsp3) is 0.150. The van der Waals surface area contributed by atoms with E-state index in [-0.39, 0.29) is 11.7 Å². The predicted molar refractivity (Wildman–Crippen MR) is 94.5 cm³/mol. The van der Waals surface area contributed by atoms with Crippen molar-refractivity contribution in [3.05, 3.63) is 83.1 Å². The molecule has 0 atom stereocenters. The molecular formula is C20H18FN3O. The maximum atomic E-state index is 13.0. The van der Waals surface area contributed by atoms with Crippen LogP contribution in [0.25, 0.3) is 11.3 Å². The van der Waals surface area contributed by atoms with Crippen LogP contribution in [0, 0.1) is 19.7 Å². The molecule has 1 amide bonds. The van der Waals surface area contributed by atoms with E-state index >= 15 is 0 Å². The molecule has 1 aromatic heterocycles. The lowest BCUT2D eigenvalue weighted by Gasteiger charge is -2.08. The van der Waals surface area contributed by atoms with Gasteiger partial charge in [-0.15, -0.1) is 0 Å². The first-order valence-corrected chi connectivity index (χ1v) is 7.95. The number of nitrogens with one attached hydrogen (secondary N) is 1. The van der Waals surface area contributed by atoms with Crippen LogP contribution in [-0.2, 0) is 6.54 Å². The van der Waals surface area contributed by atoms with E-state index in [2.05, 4.69) is 15.3 Å². The Morgan fingerprint density at radius 1 is 1.00 bits per heavy atom. The maximum Gasteiger partial charge on any atom is 0.251 e. The van der Waals surface area contributed by atoms with Crippen LogP contribution in [0.1, 0.15) is 27.2 Å². The third kappa shape index (κ3) is 4.07. The summed E-state index contributed by atoms with van der Waals surface area (Å²) in [5, 5.41) is 2.86. The van der Waals surface area contributed by atoms with Gasteiger partial charge in [0.25, 0.3) is 5.91 Å². The summed E-state index contributed by atoms with van der Waals surface area (Å²) in [4.78, 5) is 20.7. The van der Waals surface area contributed by atoms with Gasteiger partial charge in [-0.1, -0.05) is 6.07 Å². The molecule has 1 heterocycles. The van der Waals surface area contributed by atoms with Crippen LogP contribution in [0.2, 0.25) is 0 Å². The SMILES string of the molecule is Cc1ccc(C(=O)NCc2cc(-c3ccc(F)cc3)ncn2)cc1C. The lowest BCUT2D eigenvalue weighted by atomic mass is 10.1. The lowest BCUT2D eigenvalue weighted by molar-refractivity contribution is 0.0950. The number of hydrogen-bond acceptors (Lipinski definition) is 3. The molecule has 0 unspecified atom stereocenters. The Morgan fingerprint density at radius 2 is 1.76 bits per heavy atom. The largest absolute Gasteiger partial charge is 0.346 e. The average Bonchev–Trinajstić information content (AvgIpc) is 2.63. The van der Waals surface area contributed by atoms with Gasteiger partial charge in [0.15, 0.2) is 0 Å². The van der Waals surface area contributed by atoms with Crippen molar-refractivity contribution >= 4 is 5.91 Å². The van der Waals surface area contributed by atoms with Crippen LogP contribution in [0.3, 0.4) is 0 Å². The molecule has 1 N–H and O–H groups in total. The number of halogens is 1. The third-order valence-corrected chi connectivity index (χ3v) is 4.06. The molecule has 0 bridgehead atoms. The molecule has 0 saturated heterocycles. The van der Waals surface area contributed by atoms with E-state index in [9.17, 15) is 9.18 Å². The standard InChI is InChI=1S/C20H18FN3O/c1-13-3-4-16(9-14(13)2)20(25)22-11-18-10-19(24-12-23-18)15-5-7-17(21)8-6-15/h3-10,12H,11H2,1-2H3,(H,22,25). The zero-order chi connectivity index (χ0) is 17.8. The Kier molecular flexibility index (Phi) is 4.84. The first kappa shape index (κ1) is 16.8. The van der Waals surface area contributed by atoms with Crippen LogP contribution in [0.4, 0.5) is 4.39 Å². The Hall–Kier alpha value is -3.08. The van der Waals surface area contributed by atoms with Crippen molar-refractivity contribution in [3.8, 4) is 11.3 Å². The van der Waals surface area contributed by atoms with E-state index < -0.39 is 0 Å². The molecular weight excluding hydrogens is 317 g/mol. The minimum Gasteiger partial charge on any atom is -0.346 e. The van der Waals surface area contributed by atoms with Gasteiger partial charge in [-0.3, -0.25) is 4.79 Å². The lowest BCUT2D eigenvalue weighted by Crippen LogP contribution is -2.23. The Bertz CT molecular complexity index is 907. The van der Waals surface area contributed by atoms with Crippen molar-refractivity contribution in [1.29, 1.82) is 0 Å². The summed E-state index contributed by atoms with van der Waals surface area (Å²) >= 11 is 0. The molecule has 126 valence electrons. The van der Waals surface area contributed by atoms with Gasteiger partial charge in [0, 0.05) is 11.1 Å². The van der Waals surface area contributed by atoms with E-state index in [1.54, 1.807) is 18.2 Å². The van der Waals surface area contributed by atoms with Crippen LogP contribution in [-0.4, -0.2) is 15.9 Å². The summed E-state index contributed by atoms with van der Waals surface area (Å²) in [6, 6.07) is 13.5. The normalized spacial score (nSPS) is 10.5. The first-order chi connectivity index (χ1) is 12.0. The second-order valence-electron chi connectivity index (χ2n) is 5.88. The fourth-order valence-electron chi connectivity index (χ4n) is 2.43. The average molecular weight is 335 g/mol. The molecule has 0 fully saturated rings. The molecule has 0 aliphatic carbocycles. The highest BCUT2D eigenvalue weighted by molar-refractivity contribution is 5.94. The minimum absolute atomic E-state index is 0.148. The summed E-state index contributed by atoms with van der Waals surface area (Å²) in [5.74, 6) is -0.441. The number of benzene rings is 2. The monoisotopic (exact) mass is 335 g/mol. The summed E-state index contributed by atoms with van der Waals surface area (Å²) in [6.45, 7) is 4.28. The molecule has 3 aromatic rings. The van der Waals surface area contributed by atoms with Gasteiger partial charge in [-0.25, -0.2) is 14.4 Å². The molecule has 25 heavy (non-hydrogen) atoms. The highest BCUT2D eigenvalue weighted by Crippen LogP contribution is 2.17. The van der Waals surface area contributed by atoms with Crippen molar-refractivity contribution in [2.75, 3.05) is 0 Å². The van der Waals surface area contributed by atoms with E-state index in [4.69, 9.17) is 0 Å². The maximum absolute atomic E-state index is 13.0. The van der Waals surface area contributed by atoms with Crippen LogP contribution in [0.15, 0.2) is 54.9 Å². The van der Waals surface area contributed by atoms with E-state index in [1.165, 1.54) is 18.5 Å². The molecule has 2 aromatic carbocycles. The number of amides is 1. The second-order valence-corrected chi connectivity index (χ2v) is 5.88. The topological polar surface area (TPSA) is 54.9 Å².